The smallest absolute Gasteiger partial charge is 0.0467 e. The van der Waals surface area contributed by atoms with Crippen molar-refractivity contribution in [1.29, 1.82) is 0 Å². The van der Waals surface area contributed by atoms with Gasteiger partial charge in [0.2, 0.25) is 0 Å². The highest BCUT2D eigenvalue weighted by atomic mass is 35.5. The standard InChI is InChI=1S/C16H18ClNS/c1-11-6-7-12(2)15(8-11)19-16(10-18)13-4-3-5-14(17)9-13/h3-9,16H,10,18H2,1-2H3. The average Bonchev–Trinajstić information content (AvgIpc) is 2.39. The zero-order valence-corrected chi connectivity index (χ0v) is 12.8. The van der Waals surface area contributed by atoms with Crippen LogP contribution < -0.4 is 5.73 Å². The highest BCUT2D eigenvalue weighted by molar-refractivity contribution is 7.99. The molecule has 100 valence electrons. The van der Waals surface area contributed by atoms with Gasteiger partial charge in [0.1, 0.15) is 0 Å². The lowest BCUT2D eigenvalue weighted by Crippen LogP contribution is -2.09. The first kappa shape index (κ1) is 14.4. The van der Waals surface area contributed by atoms with Crippen LogP contribution in [0.4, 0.5) is 0 Å². The Hall–Kier alpha value is -0.960. The molecule has 0 saturated heterocycles. The van der Waals surface area contributed by atoms with Crippen molar-refractivity contribution in [2.24, 2.45) is 5.73 Å². The van der Waals surface area contributed by atoms with E-state index in [1.807, 2.05) is 30.0 Å². The number of hydrogen-bond acceptors (Lipinski definition) is 2. The van der Waals surface area contributed by atoms with E-state index in [1.165, 1.54) is 21.6 Å². The minimum absolute atomic E-state index is 0.235. The monoisotopic (exact) mass is 291 g/mol. The molecule has 2 N–H and O–H groups in total. The Morgan fingerprint density at radius 2 is 1.95 bits per heavy atom. The third-order valence-corrected chi connectivity index (χ3v) is 4.73. The molecule has 0 heterocycles. The molecule has 0 amide bonds. The van der Waals surface area contributed by atoms with Crippen LogP contribution in [0.3, 0.4) is 0 Å². The van der Waals surface area contributed by atoms with Crippen molar-refractivity contribution >= 4 is 23.4 Å². The second kappa shape index (κ2) is 6.47. The van der Waals surface area contributed by atoms with Crippen molar-refractivity contribution < 1.29 is 0 Å². The Morgan fingerprint density at radius 3 is 2.63 bits per heavy atom. The van der Waals surface area contributed by atoms with Crippen molar-refractivity contribution in [2.75, 3.05) is 6.54 Å². The van der Waals surface area contributed by atoms with Gasteiger partial charge in [-0.05, 0) is 43.2 Å². The SMILES string of the molecule is Cc1ccc(C)c(SC(CN)c2cccc(Cl)c2)c1. The Kier molecular flexibility index (Phi) is 4.92. The number of nitrogens with two attached hydrogens (primary N) is 1. The molecule has 0 aliphatic carbocycles. The summed E-state index contributed by atoms with van der Waals surface area (Å²) in [6.45, 7) is 4.84. The summed E-state index contributed by atoms with van der Waals surface area (Å²) in [7, 11) is 0. The molecule has 2 aromatic carbocycles. The normalized spacial score (nSPS) is 12.4. The second-order valence-electron chi connectivity index (χ2n) is 4.67. The Bertz CT molecular complexity index is 568. The molecule has 2 aromatic rings. The Morgan fingerprint density at radius 1 is 1.16 bits per heavy atom. The Balaban J connectivity index is 2.26. The van der Waals surface area contributed by atoms with Crippen LogP contribution in [0.25, 0.3) is 0 Å². The molecule has 0 aromatic heterocycles. The van der Waals surface area contributed by atoms with Crippen molar-refractivity contribution in [3.63, 3.8) is 0 Å². The number of rotatable bonds is 4. The largest absolute Gasteiger partial charge is 0.329 e. The van der Waals surface area contributed by atoms with E-state index >= 15 is 0 Å². The average molecular weight is 292 g/mol. The van der Waals surface area contributed by atoms with Gasteiger partial charge >= 0.3 is 0 Å². The number of hydrogen-bond donors (Lipinski definition) is 1. The second-order valence-corrected chi connectivity index (χ2v) is 6.35. The van der Waals surface area contributed by atoms with E-state index in [2.05, 4.69) is 38.1 Å². The first-order valence-corrected chi connectivity index (χ1v) is 7.55. The van der Waals surface area contributed by atoms with Crippen LogP contribution in [0.5, 0.6) is 0 Å². The lowest BCUT2D eigenvalue weighted by atomic mass is 10.1. The fourth-order valence-corrected chi connectivity index (χ4v) is 3.34. The van der Waals surface area contributed by atoms with Crippen molar-refractivity contribution in [3.05, 3.63) is 64.2 Å². The maximum absolute atomic E-state index is 6.06. The van der Waals surface area contributed by atoms with Gasteiger partial charge < -0.3 is 5.73 Å². The highest BCUT2D eigenvalue weighted by Gasteiger charge is 2.13. The van der Waals surface area contributed by atoms with Gasteiger partial charge in [-0.15, -0.1) is 11.8 Å². The van der Waals surface area contributed by atoms with E-state index in [0.717, 1.165) is 5.02 Å². The van der Waals surface area contributed by atoms with E-state index in [0.29, 0.717) is 6.54 Å². The van der Waals surface area contributed by atoms with E-state index in [4.69, 9.17) is 17.3 Å². The van der Waals surface area contributed by atoms with Crippen molar-refractivity contribution in [1.82, 2.24) is 0 Å². The summed E-state index contributed by atoms with van der Waals surface area (Å²) >= 11 is 7.86. The van der Waals surface area contributed by atoms with Crippen LogP contribution in [-0.4, -0.2) is 6.54 Å². The summed E-state index contributed by atoms with van der Waals surface area (Å²) in [6, 6.07) is 14.5. The van der Waals surface area contributed by atoms with Crippen LogP contribution in [0.15, 0.2) is 47.4 Å². The van der Waals surface area contributed by atoms with E-state index in [-0.39, 0.29) is 5.25 Å². The molecule has 3 heteroatoms. The first-order chi connectivity index (χ1) is 9.10. The summed E-state index contributed by atoms with van der Waals surface area (Å²) in [6.07, 6.45) is 0. The van der Waals surface area contributed by atoms with Gasteiger partial charge in [0.25, 0.3) is 0 Å². The fraction of sp³-hybridized carbons (Fsp3) is 0.250. The van der Waals surface area contributed by atoms with Crippen LogP contribution in [0, 0.1) is 13.8 Å². The molecule has 0 aliphatic heterocycles. The minimum atomic E-state index is 0.235. The molecule has 0 saturated carbocycles. The van der Waals surface area contributed by atoms with Crippen LogP contribution in [-0.2, 0) is 0 Å². The zero-order valence-electron chi connectivity index (χ0n) is 11.2. The van der Waals surface area contributed by atoms with Crippen LogP contribution >= 0.6 is 23.4 Å². The predicted molar refractivity (Wildman–Crippen MR) is 85.0 cm³/mol. The van der Waals surface area contributed by atoms with Gasteiger partial charge in [-0.1, -0.05) is 41.4 Å². The van der Waals surface area contributed by atoms with Crippen molar-refractivity contribution in [2.45, 2.75) is 24.0 Å². The topological polar surface area (TPSA) is 26.0 Å². The summed E-state index contributed by atoms with van der Waals surface area (Å²) < 4.78 is 0. The minimum Gasteiger partial charge on any atom is -0.329 e. The van der Waals surface area contributed by atoms with Crippen LogP contribution in [0.1, 0.15) is 21.9 Å². The molecule has 0 spiro atoms. The summed E-state index contributed by atoms with van der Waals surface area (Å²) in [5.74, 6) is 0. The summed E-state index contributed by atoms with van der Waals surface area (Å²) in [4.78, 5) is 1.29. The third-order valence-electron chi connectivity index (χ3n) is 3.05. The molecule has 0 radical (unpaired) electrons. The molecule has 1 unspecified atom stereocenters. The molecule has 19 heavy (non-hydrogen) atoms. The van der Waals surface area contributed by atoms with Gasteiger partial charge in [-0.2, -0.15) is 0 Å². The molecular formula is C16H18ClNS. The number of halogens is 1. The predicted octanol–water partition coefficient (Wildman–Crippen LogP) is 4.75. The maximum atomic E-state index is 6.06. The first-order valence-electron chi connectivity index (χ1n) is 6.29. The van der Waals surface area contributed by atoms with E-state index in [9.17, 15) is 0 Å². The highest BCUT2D eigenvalue weighted by Crippen LogP contribution is 2.37. The molecule has 2 rings (SSSR count). The van der Waals surface area contributed by atoms with Gasteiger partial charge in [-0.3, -0.25) is 0 Å². The fourth-order valence-electron chi connectivity index (χ4n) is 1.95. The summed E-state index contributed by atoms with van der Waals surface area (Å²) in [5, 5.41) is 0.997. The zero-order chi connectivity index (χ0) is 13.8. The summed E-state index contributed by atoms with van der Waals surface area (Å²) in [5.41, 5.74) is 9.67. The Labute approximate surface area is 124 Å². The van der Waals surface area contributed by atoms with Gasteiger partial charge in [0.05, 0.1) is 0 Å². The molecule has 1 nitrogen and oxygen atoms in total. The lowest BCUT2D eigenvalue weighted by Gasteiger charge is -2.17. The lowest BCUT2D eigenvalue weighted by molar-refractivity contribution is 0.940. The maximum Gasteiger partial charge on any atom is 0.0467 e. The van der Waals surface area contributed by atoms with Crippen molar-refractivity contribution in [3.8, 4) is 0 Å². The molecule has 0 aliphatic rings. The van der Waals surface area contributed by atoms with E-state index < -0.39 is 0 Å². The third kappa shape index (κ3) is 3.75. The molecule has 0 fully saturated rings. The number of thioether (sulfide) groups is 1. The number of benzene rings is 2. The van der Waals surface area contributed by atoms with Gasteiger partial charge in [0, 0.05) is 21.7 Å². The number of aryl methyl sites for hydroxylation is 2. The molecule has 0 bridgehead atoms. The van der Waals surface area contributed by atoms with Gasteiger partial charge in [0.15, 0.2) is 0 Å². The quantitative estimate of drug-likeness (QED) is 0.823. The molecule has 1 atom stereocenters. The van der Waals surface area contributed by atoms with Crippen LogP contribution in [0.2, 0.25) is 5.02 Å². The van der Waals surface area contributed by atoms with E-state index in [1.54, 1.807) is 0 Å². The van der Waals surface area contributed by atoms with Gasteiger partial charge in [-0.25, -0.2) is 0 Å². The molecular weight excluding hydrogens is 274 g/mol.